The number of nitro groups is 1. The Kier molecular flexibility index (Phi) is 4.80. The molecule has 1 aromatic carbocycles. The average Bonchev–Trinajstić information content (AvgIpc) is 2.28. The predicted molar refractivity (Wildman–Crippen MR) is 69.4 cm³/mol. The lowest BCUT2D eigenvalue weighted by Crippen LogP contribution is -2.24. The van der Waals surface area contributed by atoms with Crippen molar-refractivity contribution in [3.05, 3.63) is 33.3 Å². The lowest BCUT2D eigenvalue weighted by Gasteiger charge is -2.22. The van der Waals surface area contributed by atoms with E-state index in [-0.39, 0.29) is 5.69 Å². The summed E-state index contributed by atoms with van der Waals surface area (Å²) in [5, 5.41) is 10.9. The predicted octanol–water partition coefficient (Wildman–Crippen LogP) is 3.10. The molecule has 0 aromatic heterocycles. The molecule has 0 aliphatic heterocycles. The topological polar surface area (TPSA) is 46.4 Å². The molecule has 0 amide bonds. The number of hydrogen-bond acceptors (Lipinski definition) is 3. The quantitative estimate of drug-likeness (QED) is 0.460. The molecule has 0 bridgehead atoms. The van der Waals surface area contributed by atoms with Gasteiger partial charge in [-0.25, -0.2) is 0 Å². The third kappa shape index (κ3) is 3.36. The molecule has 1 rings (SSSR count). The lowest BCUT2D eigenvalue weighted by atomic mass is 10.2. The Bertz CT molecular complexity index is 454. The van der Waals surface area contributed by atoms with Gasteiger partial charge in [0.2, 0.25) is 0 Å². The summed E-state index contributed by atoms with van der Waals surface area (Å²) in [7, 11) is 0. The zero-order chi connectivity index (χ0) is 12.8. The standard InChI is InChI=1S/C12H13ClN2O2/c1-3-7-14(8-4-2)12-6-5-10(15(16)17)9-11(12)13/h1,5-6,9H,4,7-8H2,2H3. The molecule has 0 radical (unpaired) electrons. The van der Waals surface area contributed by atoms with Gasteiger partial charge in [-0.2, -0.15) is 0 Å². The van der Waals surface area contributed by atoms with Crippen LogP contribution < -0.4 is 4.90 Å². The normalized spacial score (nSPS) is 9.71. The molecular weight excluding hydrogens is 240 g/mol. The van der Waals surface area contributed by atoms with Crippen LogP contribution in [-0.4, -0.2) is 18.0 Å². The fourth-order valence-electron chi connectivity index (χ4n) is 1.53. The molecule has 0 aliphatic rings. The van der Waals surface area contributed by atoms with E-state index in [4.69, 9.17) is 18.0 Å². The SMILES string of the molecule is C#CCN(CCC)c1ccc([N+](=O)[O-])cc1Cl. The first-order valence-corrected chi connectivity index (χ1v) is 5.60. The smallest absolute Gasteiger partial charge is 0.271 e. The number of nitrogens with zero attached hydrogens (tertiary/aromatic N) is 2. The van der Waals surface area contributed by atoms with Gasteiger partial charge in [0.15, 0.2) is 0 Å². The monoisotopic (exact) mass is 252 g/mol. The summed E-state index contributed by atoms with van der Waals surface area (Å²) < 4.78 is 0. The zero-order valence-corrected chi connectivity index (χ0v) is 10.3. The van der Waals surface area contributed by atoms with E-state index < -0.39 is 4.92 Å². The van der Waals surface area contributed by atoms with Crippen LogP contribution in [-0.2, 0) is 0 Å². The Hall–Kier alpha value is -1.73. The van der Waals surface area contributed by atoms with Crippen LogP contribution in [0.3, 0.4) is 0 Å². The molecule has 90 valence electrons. The maximum Gasteiger partial charge on any atom is 0.271 e. The van der Waals surface area contributed by atoms with Crippen molar-refractivity contribution in [1.29, 1.82) is 0 Å². The molecule has 0 aliphatic carbocycles. The number of hydrogen-bond donors (Lipinski definition) is 0. The summed E-state index contributed by atoms with van der Waals surface area (Å²) in [6.45, 7) is 3.23. The van der Waals surface area contributed by atoms with Gasteiger partial charge < -0.3 is 4.90 Å². The molecular formula is C12H13ClN2O2. The van der Waals surface area contributed by atoms with Crippen molar-refractivity contribution in [2.45, 2.75) is 13.3 Å². The average molecular weight is 253 g/mol. The van der Waals surface area contributed by atoms with Crippen LogP contribution in [0.15, 0.2) is 18.2 Å². The van der Waals surface area contributed by atoms with E-state index in [0.29, 0.717) is 11.6 Å². The summed E-state index contributed by atoms with van der Waals surface area (Å²) in [5.74, 6) is 2.55. The second-order valence-electron chi connectivity index (χ2n) is 3.52. The van der Waals surface area contributed by atoms with Gasteiger partial charge in [0.05, 0.1) is 22.2 Å². The van der Waals surface area contributed by atoms with E-state index >= 15 is 0 Å². The molecule has 4 nitrogen and oxygen atoms in total. The van der Waals surface area contributed by atoms with Crippen LogP contribution in [0.4, 0.5) is 11.4 Å². The first-order valence-electron chi connectivity index (χ1n) is 5.22. The van der Waals surface area contributed by atoms with Crippen LogP contribution in [0.5, 0.6) is 0 Å². The van der Waals surface area contributed by atoms with E-state index in [0.717, 1.165) is 18.7 Å². The molecule has 0 spiro atoms. The van der Waals surface area contributed by atoms with Crippen LogP contribution >= 0.6 is 11.6 Å². The van der Waals surface area contributed by atoms with Crippen LogP contribution in [0.25, 0.3) is 0 Å². The van der Waals surface area contributed by atoms with Crippen molar-refractivity contribution in [2.24, 2.45) is 0 Å². The highest BCUT2D eigenvalue weighted by molar-refractivity contribution is 6.33. The first-order chi connectivity index (χ1) is 8.10. The number of terminal acetylenes is 1. The van der Waals surface area contributed by atoms with Gasteiger partial charge in [-0.05, 0) is 12.5 Å². The third-order valence-electron chi connectivity index (χ3n) is 2.26. The van der Waals surface area contributed by atoms with E-state index in [1.165, 1.54) is 12.1 Å². The molecule has 0 saturated carbocycles. The minimum atomic E-state index is -0.471. The second kappa shape index (κ2) is 6.12. The summed E-state index contributed by atoms with van der Waals surface area (Å²) in [5.41, 5.74) is 0.716. The summed E-state index contributed by atoms with van der Waals surface area (Å²) in [6.07, 6.45) is 6.21. The van der Waals surface area contributed by atoms with Crippen molar-refractivity contribution in [3.63, 3.8) is 0 Å². The molecule has 0 unspecified atom stereocenters. The number of rotatable bonds is 5. The van der Waals surface area contributed by atoms with Gasteiger partial charge in [0.1, 0.15) is 0 Å². The van der Waals surface area contributed by atoms with Crippen LogP contribution in [0.2, 0.25) is 5.02 Å². The maximum atomic E-state index is 10.6. The van der Waals surface area contributed by atoms with Crippen LogP contribution in [0.1, 0.15) is 13.3 Å². The summed E-state index contributed by atoms with van der Waals surface area (Å²) in [4.78, 5) is 12.0. The van der Waals surface area contributed by atoms with Gasteiger partial charge in [0.25, 0.3) is 5.69 Å². The number of halogens is 1. The first kappa shape index (κ1) is 13.3. The Morgan fingerprint density at radius 3 is 2.76 bits per heavy atom. The van der Waals surface area contributed by atoms with Crippen molar-refractivity contribution >= 4 is 23.0 Å². The molecule has 5 heteroatoms. The van der Waals surface area contributed by atoms with Crippen molar-refractivity contribution in [2.75, 3.05) is 18.0 Å². The highest BCUT2D eigenvalue weighted by Gasteiger charge is 2.13. The van der Waals surface area contributed by atoms with E-state index in [2.05, 4.69) is 5.92 Å². The molecule has 0 atom stereocenters. The highest BCUT2D eigenvalue weighted by Crippen LogP contribution is 2.29. The highest BCUT2D eigenvalue weighted by atomic mass is 35.5. The fourth-order valence-corrected chi connectivity index (χ4v) is 1.82. The zero-order valence-electron chi connectivity index (χ0n) is 9.52. The fraction of sp³-hybridized carbons (Fsp3) is 0.333. The third-order valence-corrected chi connectivity index (χ3v) is 2.56. The Morgan fingerprint density at radius 2 is 2.29 bits per heavy atom. The Morgan fingerprint density at radius 1 is 1.59 bits per heavy atom. The second-order valence-corrected chi connectivity index (χ2v) is 3.93. The molecule has 0 N–H and O–H groups in total. The maximum absolute atomic E-state index is 10.6. The van der Waals surface area contributed by atoms with Gasteiger partial charge >= 0.3 is 0 Å². The number of anilines is 1. The molecule has 0 fully saturated rings. The van der Waals surface area contributed by atoms with Gasteiger partial charge in [-0.15, -0.1) is 6.42 Å². The van der Waals surface area contributed by atoms with Gasteiger partial charge in [-0.3, -0.25) is 10.1 Å². The van der Waals surface area contributed by atoms with Crippen molar-refractivity contribution in [3.8, 4) is 12.3 Å². The number of non-ortho nitro benzene ring substituents is 1. The molecule has 1 aromatic rings. The molecule has 17 heavy (non-hydrogen) atoms. The lowest BCUT2D eigenvalue weighted by molar-refractivity contribution is -0.384. The van der Waals surface area contributed by atoms with Gasteiger partial charge in [0, 0.05) is 18.7 Å². The van der Waals surface area contributed by atoms with E-state index in [9.17, 15) is 10.1 Å². The van der Waals surface area contributed by atoms with E-state index in [1.54, 1.807) is 6.07 Å². The van der Waals surface area contributed by atoms with E-state index in [1.807, 2.05) is 11.8 Å². The number of nitro benzene ring substituents is 1. The Labute approximate surface area is 105 Å². The summed E-state index contributed by atoms with van der Waals surface area (Å²) >= 11 is 6.02. The number of benzene rings is 1. The minimum Gasteiger partial charge on any atom is -0.359 e. The van der Waals surface area contributed by atoms with Crippen molar-refractivity contribution in [1.82, 2.24) is 0 Å². The Balaban J connectivity index is 3.04. The summed E-state index contributed by atoms with van der Waals surface area (Å²) in [6, 6.07) is 4.41. The molecule has 0 heterocycles. The largest absolute Gasteiger partial charge is 0.359 e. The minimum absolute atomic E-state index is 0.0177. The molecule has 0 saturated heterocycles. The van der Waals surface area contributed by atoms with Crippen LogP contribution in [0, 0.1) is 22.5 Å². The van der Waals surface area contributed by atoms with Gasteiger partial charge in [-0.1, -0.05) is 24.4 Å². The van der Waals surface area contributed by atoms with Crippen molar-refractivity contribution < 1.29 is 4.92 Å².